The highest BCUT2D eigenvalue weighted by atomic mass is 32.2. The minimum Gasteiger partial charge on any atom is -0.497 e. The number of hydrogen-bond donors (Lipinski definition) is 1. The maximum absolute atomic E-state index is 12.3. The minimum atomic E-state index is -3.61. The molecule has 1 amide bonds. The van der Waals surface area contributed by atoms with Gasteiger partial charge in [-0.1, -0.05) is 32.9 Å². The molecule has 0 aliphatic heterocycles. The number of nitrogens with one attached hydrogen (secondary N) is 1. The van der Waals surface area contributed by atoms with E-state index in [-0.39, 0.29) is 25.1 Å². The van der Waals surface area contributed by atoms with E-state index in [2.05, 4.69) is 26.1 Å². The average Bonchev–Trinajstić information content (AvgIpc) is 2.68. The van der Waals surface area contributed by atoms with Crippen LogP contribution in [0.1, 0.15) is 26.3 Å². The first-order valence-corrected chi connectivity index (χ1v) is 11.5. The number of nitrogens with zero attached hydrogens (tertiary/aromatic N) is 1. The number of sulfonamides is 1. The van der Waals surface area contributed by atoms with E-state index in [0.717, 1.165) is 21.9 Å². The maximum Gasteiger partial charge on any atom is 0.240 e. The van der Waals surface area contributed by atoms with Crippen molar-refractivity contribution in [2.24, 2.45) is 0 Å². The van der Waals surface area contributed by atoms with Crippen LogP contribution in [0.5, 0.6) is 11.5 Å². The largest absolute Gasteiger partial charge is 0.497 e. The molecule has 1 N–H and O–H groups in total. The fraction of sp³-hybridized carbons (Fsp3) is 0.409. The highest BCUT2D eigenvalue weighted by Gasteiger charge is 2.21. The molecule has 0 saturated heterocycles. The summed E-state index contributed by atoms with van der Waals surface area (Å²) < 4.78 is 36.2. The molecule has 0 spiro atoms. The fourth-order valence-electron chi connectivity index (χ4n) is 2.75. The van der Waals surface area contributed by atoms with Gasteiger partial charge >= 0.3 is 0 Å². The van der Waals surface area contributed by atoms with Crippen molar-refractivity contribution in [3.63, 3.8) is 0 Å². The second-order valence-corrected chi connectivity index (χ2v) is 9.85. The molecule has 0 heterocycles. The molecule has 2 aromatic rings. The second kappa shape index (κ2) is 9.84. The summed E-state index contributed by atoms with van der Waals surface area (Å²) in [5.41, 5.74) is 1.49. The third-order valence-corrected chi connectivity index (χ3v) is 5.60. The van der Waals surface area contributed by atoms with Crippen molar-refractivity contribution in [1.82, 2.24) is 5.32 Å². The summed E-state index contributed by atoms with van der Waals surface area (Å²) in [6.45, 7) is 6.46. The molecule has 0 aliphatic carbocycles. The Kier molecular flexibility index (Phi) is 7.72. The monoisotopic (exact) mass is 434 g/mol. The van der Waals surface area contributed by atoms with Crippen LogP contribution < -0.4 is 19.1 Å². The lowest BCUT2D eigenvalue weighted by Crippen LogP contribution is -2.41. The van der Waals surface area contributed by atoms with Crippen LogP contribution in [0, 0.1) is 0 Å². The average molecular weight is 435 g/mol. The molecule has 164 valence electrons. The van der Waals surface area contributed by atoms with E-state index >= 15 is 0 Å². The van der Waals surface area contributed by atoms with Gasteiger partial charge in [0.05, 0.1) is 25.6 Å². The lowest BCUT2D eigenvalue weighted by molar-refractivity contribution is -0.119. The predicted octanol–water partition coefficient (Wildman–Crippen LogP) is 2.95. The third-order valence-electron chi connectivity index (χ3n) is 4.46. The van der Waals surface area contributed by atoms with Gasteiger partial charge in [0.15, 0.2) is 0 Å². The van der Waals surface area contributed by atoms with Crippen LogP contribution in [0.3, 0.4) is 0 Å². The first-order valence-electron chi connectivity index (χ1n) is 9.62. The molecular formula is C22H30N2O5S. The number of carbonyl (C=O) groups is 1. The van der Waals surface area contributed by atoms with E-state index in [1.165, 1.54) is 0 Å². The Bertz CT molecular complexity index is 933. The lowest BCUT2D eigenvalue weighted by atomic mass is 9.87. The van der Waals surface area contributed by atoms with Gasteiger partial charge in [0.2, 0.25) is 15.9 Å². The molecule has 0 fully saturated rings. The van der Waals surface area contributed by atoms with Crippen molar-refractivity contribution in [3.05, 3.63) is 54.1 Å². The van der Waals surface area contributed by atoms with Crippen LogP contribution in [0.2, 0.25) is 0 Å². The quantitative estimate of drug-likeness (QED) is 0.614. The topological polar surface area (TPSA) is 84.9 Å². The Hall–Kier alpha value is -2.74. The van der Waals surface area contributed by atoms with Gasteiger partial charge in [-0.15, -0.1) is 0 Å². The molecule has 0 aliphatic rings. The van der Waals surface area contributed by atoms with E-state index in [1.807, 2.05) is 12.1 Å². The fourth-order valence-corrected chi connectivity index (χ4v) is 3.60. The van der Waals surface area contributed by atoms with Gasteiger partial charge in [-0.3, -0.25) is 9.10 Å². The zero-order valence-electron chi connectivity index (χ0n) is 18.1. The van der Waals surface area contributed by atoms with Crippen LogP contribution >= 0.6 is 0 Å². The molecule has 30 heavy (non-hydrogen) atoms. The van der Waals surface area contributed by atoms with Crippen LogP contribution in [0.25, 0.3) is 0 Å². The Morgan fingerprint density at radius 3 is 2.07 bits per heavy atom. The first kappa shape index (κ1) is 23.5. The SMILES string of the molecule is COc1ccc(OCCNC(=O)CN(c2ccc(C(C)(C)C)cc2)S(C)(=O)=O)cc1. The molecule has 0 unspecified atom stereocenters. The summed E-state index contributed by atoms with van der Waals surface area (Å²) in [5, 5.41) is 2.69. The summed E-state index contributed by atoms with van der Waals surface area (Å²) in [6.07, 6.45) is 1.09. The van der Waals surface area contributed by atoms with Crippen molar-refractivity contribution >= 4 is 21.6 Å². The van der Waals surface area contributed by atoms with Gasteiger partial charge < -0.3 is 14.8 Å². The lowest BCUT2D eigenvalue weighted by Gasteiger charge is -2.24. The van der Waals surface area contributed by atoms with E-state index in [0.29, 0.717) is 11.4 Å². The van der Waals surface area contributed by atoms with Gasteiger partial charge in [0.25, 0.3) is 0 Å². The number of benzene rings is 2. The maximum atomic E-state index is 12.3. The molecule has 0 bridgehead atoms. The van der Waals surface area contributed by atoms with Crippen molar-refractivity contribution < 1.29 is 22.7 Å². The Morgan fingerprint density at radius 1 is 1.00 bits per heavy atom. The van der Waals surface area contributed by atoms with Crippen molar-refractivity contribution in [3.8, 4) is 11.5 Å². The zero-order valence-corrected chi connectivity index (χ0v) is 19.0. The van der Waals surface area contributed by atoms with Crippen molar-refractivity contribution in [2.45, 2.75) is 26.2 Å². The molecular weight excluding hydrogens is 404 g/mol. The number of methoxy groups -OCH3 is 1. The third kappa shape index (κ3) is 6.95. The Labute approximate surface area is 179 Å². The zero-order chi connectivity index (χ0) is 22.4. The van der Waals surface area contributed by atoms with Crippen LogP contribution in [0.4, 0.5) is 5.69 Å². The normalized spacial score (nSPS) is 11.6. The van der Waals surface area contributed by atoms with E-state index in [4.69, 9.17) is 9.47 Å². The molecule has 0 saturated carbocycles. The van der Waals surface area contributed by atoms with E-state index in [9.17, 15) is 13.2 Å². The van der Waals surface area contributed by atoms with Crippen LogP contribution in [0.15, 0.2) is 48.5 Å². The number of amides is 1. The molecule has 8 heteroatoms. The molecule has 0 radical (unpaired) electrons. The van der Waals surface area contributed by atoms with Gasteiger partial charge in [-0.05, 0) is 47.4 Å². The summed E-state index contributed by atoms with van der Waals surface area (Å²) in [4.78, 5) is 12.3. The molecule has 2 aromatic carbocycles. The van der Waals surface area contributed by atoms with Gasteiger partial charge in [0.1, 0.15) is 24.7 Å². The van der Waals surface area contributed by atoms with Crippen molar-refractivity contribution in [2.75, 3.05) is 37.4 Å². The van der Waals surface area contributed by atoms with E-state index < -0.39 is 15.9 Å². The van der Waals surface area contributed by atoms with Gasteiger partial charge in [-0.25, -0.2) is 8.42 Å². The summed E-state index contributed by atoms with van der Waals surface area (Å²) >= 11 is 0. The van der Waals surface area contributed by atoms with E-state index in [1.54, 1.807) is 43.5 Å². The molecule has 2 rings (SSSR count). The highest BCUT2D eigenvalue weighted by Crippen LogP contribution is 2.25. The van der Waals surface area contributed by atoms with Crippen molar-refractivity contribution in [1.29, 1.82) is 0 Å². The minimum absolute atomic E-state index is 0.0459. The summed E-state index contributed by atoms with van der Waals surface area (Å²) in [5.74, 6) is 0.979. The summed E-state index contributed by atoms with van der Waals surface area (Å²) in [6, 6.07) is 14.3. The van der Waals surface area contributed by atoms with Crippen LogP contribution in [-0.2, 0) is 20.2 Å². The predicted molar refractivity (Wildman–Crippen MR) is 119 cm³/mol. The Balaban J connectivity index is 1.92. The number of anilines is 1. The van der Waals surface area contributed by atoms with Crippen LogP contribution in [-0.4, -0.2) is 47.4 Å². The number of rotatable bonds is 9. The summed E-state index contributed by atoms with van der Waals surface area (Å²) in [7, 11) is -2.02. The second-order valence-electron chi connectivity index (χ2n) is 7.94. The van der Waals surface area contributed by atoms with Gasteiger partial charge in [-0.2, -0.15) is 0 Å². The standard InChI is InChI=1S/C22H30N2O5S/c1-22(2,3)17-6-8-18(9-7-17)24(30(5,26)27)16-21(25)23-14-15-29-20-12-10-19(28-4)11-13-20/h6-13H,14-16H2,1-5H3,(H,23,25). The molecule has 0 aromatic heterocycles. The van der Waals surface area contributed by atoms with Gasteiger partial charge in [0, 0.05) is 0 Å². The first-order chi connectivity index (χ1) is 14.0. The molecule has 0 atom stereocenters. The number of carbonyl (C=O) groups excluding carboxylic acids is 1. The smallest absolute Gasteiger partial charge is 0.240 e. The highest BCUT2D eigenvalue weighted by molar-refractivity contribution is 7.92. The number of hydrogen-bond acceptors (Lipinski definition) is 5. The number of ether oxygens (including phenoxy) is 2. The Morgan fingerprint density at radius 2 is 1.57 bits per heavy atom. The molecule has 7 nitrogen and oxygen atoms in total.